The number of Topliss-reactive ketones (excluding diaryl/α,β-unsaturated/α-hetero) is 2. The predicted molar refractivity (Wildman–Crippen MR) is 189 cm³/mol. The number of esters is 3. The van der Waals surface area contributed by atoms with Gasteiger partial charge in [0.25, 0.3) is 0 Å². The molecule has 5 rings (SSSR count). The summed E-state index contributed by atoms with van der Waals surface area (Å²) in [5.41, 5.74) is -6.56. The average molecular weight is 729 g/mol. The molecule has 282 valence electrons. The molecule has 1 heterocycles. The topological polar surface area (TPSA) is 152 Å². The second kappa shape index (κ2) is 12.9. The molecule has 12 heteroatoms. The Labute approximate surface area is 302 Å². The van der Waals surface area contributed by atoms with Crippen molar-refractivity contribution in [1.29, 1.82) is 0 Å². The van der Waals surface area contributed by atoms with Crippen LogP contribution in [-0.4, -0.2) is 85.1 Å². The van der Waals surface area contributed by atoms with Gasteiger partial charge in [0.2, 0.25) is 0 Å². The zero-order valence-electron chi connectivity index (χ0n) is 32.2. The van der Waals surface area contributed by atoms with Gasteiger partial charge in [-0.15, -0.1) is 0 Å². The number of carbonyl (C=O) groups excluding carboxylic acids is 5. The molecule has 10 atom stereocenters. The van der Waals surface area contributed by atoms with Crippen molar-refractivity contribution in [2.45, 2.75) is 136 Å². The molecular formula is C39H56O11Si. The number of rotatable bonds is 8. The van der Waals surface area contributed by atoms with Crippen molar-refractivity contribution in [2.24, 2.45) is 34.5 Å². The van der Waals surface area contributed by atoms with Crippen molar-refractivity contribution in [2.75, 3.05) is 6.61 Å². The standard InChI is InChI=1S/C39H56O11Si/c1-21(2)36(8,9)51(11,12)50-27-18-28-38(20-46-28,49-24(5)41)31-33(48-34(44)25-16-14-13-15-17-25)39(45)19-26(42)22(3)29(35(39,6)7)30(47-23(4)40)32(43)37(27,31)10/h13-17,21-22,27-31,33,45H,18-20H2,1-12H3/t22?,27-,28+,29?,30+,31-,33-,37+,38-,39+/m0/s1. The first-order valence-electron chi connectivity index (χ1n) is 18.1. The summed E-state index contributed by atoms with van der Waals surface area (Å²) in [4.78, 5) is 69.8. The monoisotopic (exact) mass is 728 g/mol. The number of hydrogen-bond acceptors (Lipinski definition) is 11. The van der Waals surface area contributed by atoms with Crippen molar-refractivity contribution in [1.82, 2.24) is 0 Å². The minimum absolute atomic E-state index is 0.143. The van der Waals surface area contributed by atoms with Gasteiger partial charge in [-0.05, 0) is 43.1 Å². The van der Waals surface area contributed by atoms with E-state index in [4.69, 9.17) is 23.4 Å². The third-order valence-corrected chi connectivity index (χ3v) is 18.5. The lowest BCUT2D eigenvalue weighted by Gasteiger charge is -2.69. The Balaban J connectivity index is 1.86. The Morgan fingerprint density at radius 1 is 1.00 bits per heavy atom. The van der Waals surface area contributed by atoms with Crippen LogP contribution in [-0.2, 0) is 42.6 Å². The van der Waals surface area contributed by atoms with Crippen molar-refractivity contribution in [3.05, 3.63) is 35.9 Å². The quantitative estimate of drug-likeness (QED) is 0.206. The number of hydrogen-bond donors (Lipinski definition) is 1. The maximum absolute atomic E-state index is 15.8. The van der Waals surface area contributed by atoms with E-state index in [1.165, 1.54) is 13.8 Å². The van der Waals surface area contributed by atoms with E-state index >= 15 is 4.79 Å². The SMILES string of the molecule is CC(=O)O[C@H]1C(=O)[C@]2(C)[C@@H](O[Si](C)(C)C(C)(C)C(C)C)C[C@H]3OC[C@@]3(OC(C)=O)[C@H]2[C@H](OC(=O)c2ccccc2)[C@]2(O)CC(=O)C(C)C1C2(C)C. The molecule has 51 heavy (non-hydrogen) atoms. The van der Waals surface area contributed by atoms with E-state index in [9.17, 15) is 24.3 Å². The summed E-state index contributed by atoms with van der Waals surface area (Å²) in [5.74, 6) is -5.99. The molecule has 1 aromatic rings. The molecule has 2 bridgehead atoms. The van der Waals surface area contributed by atoms with Gasteiger partial charge in [0.05, 0.1) is 29.6 Å². The van der Waals surface area contributed by atoms with Crippen LogP contribution in [0.5, 0.6) is 0 Å². The van der Waals surface area contributed by atoms with Crippen LogP contribution in [0.3, 0.4) is 0 Å². The first-order chi connectivity index (χ1) is 23.4. The van der Waals surface area contributed by atoms with Gasteiger partial charge in [-0.2, -0.15) is 0 Å². The van der Waals surface area contributed by atoms with E-state index < -0.39 is 103 Å². The third-order valence-electron chi connectivity index (χ3n) is 14.0. The zero-order chi connectivity index (χ0) is 38.3. The van der Waals surface area contributed by atoms with E-state index in [0.29, 0.717) is 0 Å². The highest BCUT2D eigenvalue weighted by Crippen LogP contribution is 2.66. The van der Waals surface area contributed by atoms with Crippen molar-refractivity contribution in [3.8, 4) is 0 Å². The highest BCUT2D eigenvalue weighted by Gasteiger charge is 2.80. The highest BCUT2D eigenvalue weighted by atomic mass is 28.4. The lowest BCUT2D eigenvalue weighted by atomic mass is 9.42. The highest BCUT2D eigenvalue weighted by molar-refractivity contribution is 6.74. The summed E-state index contributed by atoms with van der Waals surface area (Å²) in [7, 11) is -2.76. The largest absolute Gasteiger partial charge is 0.455 e. The lowest BCUT2D eigenvalue weighted by molar-refractivity contribution is -0.349. The van der Waals surface area contributed by atoms with E-state index in [0.717, 1.165) is 0 Å². The first-order valence-corrected chi connectivity index (χ1v) is 21.0. The molecule has 1 aliphatic heterocycles. The van der Waals surface area contributed by atoms with Crippen molar-refractivity contribution in [3.63, 3.8) is 0 Å². The first kappa shape index (κ1) is 39.3. The fourth-order valence-electron chi connectivity index (χ4n) is 9.60. The smallest absolute Gasteiger partial charge is 0.338 e. The van der Waals surface area contributed by atoms with E-state index in [1.54, 1.807) is 58.0 Å². The zero-order valence-corrected chi connectivity index (χ0v) is 33.2. The van der Waals surface area contributed by atoms with Crippen LogP contribution in [0.1, 0.15) is 92.4 Å². The Morgan fingerprint density at radius 3 is 2.12 bits per heavy atom. The van der Waals surface area contributed by atoms with Crippen LogP contribution in [0.15, 0.2) is 30.3 Å². The van der Waals surface area contributed by atoms with Crippen LogP contribution >= 0.6 is 0 Å². The van der Waals surface area contributed by atoms with Gasteiger partial charge in [0.15, 0.2) is 25.8 Å². The normalized spacial score (nSPS) is 37.6. The number of benzene rings is 1. The predicted octanol–water partition coefficient (Wildman–Crippen LogP) is 5.46. The van der Waals surface area contributed by atoms with Gasteiger partial charge < -0.3 is 28.5 Å². The number of ketones is 2. The second-order valence-electron chi connectivity index (χ2n) is 17.5. The summed E-state index contributed by atoms with van der Waals surface area (Å²) in [6, 6.07) is 8.25. The molecule has 3 aliphatic carbocycles. The van der Waals surface area contributed by atoms with Crippen LogP contribution in [0.2, 0.25) is 18.1 Å². The molecule has 1 saturated heterocycles. The number of fused-ring (bicyclic) bond motifs is 5. The molecule has 0 spiro atoms. The molecule has 1 aromatic carbocycles. The van der Waals surface area contributed by atoms with Crippen molar-refractivity contribution < 1.29 is 52.5 Å². The molecule has 1 N–H and O–H groups in total. The molecule has 0 aromatic heterocycles. The Hall–Kier alpha value is -2.93. The molecule has 4 fully saturated rings. The van der Waals surface area contributed by atoms with Crippen LogP contribution < -0.4 is 0 Å². The summed E-state index contributed by atoms with van der Waals surface area (Å²) in [6.07, 6.45) is -5.05. The van der Waals surface area contributed by atoms with E-state index in [1.807, 2.05) is 0 Å². The van der Waals surface area contributed by atoms with Gasteiger partial charge in [-0.25, -0.2) is 4.79 Å². The molecular weight excluding hydrogens is 673 g/mol. The average Bonchev–Trinajstić information content (AvgIpc) is 3.02. The van der Waals surface area contributed by atoms with Gasteiger partial charge in [0.1, 0.15) is 23.6 Å². The molecule has 4 aliphatic rings. The number of aliphatic hydroxyl groups is 1. The van der Waals surface area contributed by atoms with Gasteiger partial charge in [0, 0.05) is 43.9 Å². The number of carbonyl (C=O) groups is 5. The fourth-order valence-corrected chi connectivity index (χ4v) is 12.3. The van der Waals surface area contributed by atoms with Gasteiger partial charge in [-0.3, -0.25) is 19.2 Å². The summed E-state index contributed by atoms with van der Waals surface area (Å²) in [5, 5.41) is 13.0. The maximum Gasteiger partial charge on any atom is 0.338 e. The van der Waals surface area contributed by atoms with E-state index in [2.05, 4.69) is 40.8 Å². The molecule has 0 radical (unpaired) electrons. The third kappa shape index (κ3) is 5.83. The van der Waals surface area contributed by atoms with Gasteiger partial charge >= 0.3 is 17.9 Å². The number of ether oxygens (including phenoxy) is 4. The van der Waals surface area contributed by atoms with Crippen molar-refractivity contribution >= 4 is 37.8 Å². The molecule has 0 amide bonds. The minimum atomic E-state index is -2.76. The second-order valence-corrected chi connectivity index (χ2v) is 22.1. The Bertz CT molecular complexity index is 1590. The van der Waals surface area contributed by atoms with Gasteiger partial charge in [-0.1, -0.05) is 66.7 Å². The Morgan fingerprint density at radius 2 is 1.61 bits per heavy atom. The molecule has 2 unspecified atom stereocenters. The maximum atomic E-state index is 15.8. The summed E-state index contributed by atoms with van der Waals surface area (Å²) >= 11 is 0. The van der Waals surface area contributed by atoms with Crippen LogP contribution in [0.25, 0.3) is 0 Å². The molecule has 3 saturated carbocycles. The summed E-state index contributed by atoms with van der Waals surface area (Å²) in [6.45, 7) is 21.8. The molecule has 11 nitrogen and oxygen atoms in total. The van der Waals surface area contributed by atoms with E-state index in [-0.39, 0.29) is 35.3 Å². The fraction of sp³-hybridized carbons (Fsp3) is 0.718. The Kier molecular flexibility index (Phi) is 9.92. The lowest BCUT2D eigenvalue weighted by Crippen LogP contribution is -2.83. The summed E-state index contributed by atoms with van der Waals surface area (Å²) < 4.78 is 32.1. The van der Waals surface area contributed by atoms with Crippen LogP contribution in [0.4, 0.5) is 0 Å². The van der Waals surface area contributed by atoms with Crippen LogP contribution in [0, 0.1) is 34.5 Å². The minimum Gasteiger partial charge on any atom is -0.455 e.